The largest absolute Gasteiger partial charge is 0.492 e. The number of carbonyl (C=O) groups is 1. The van der Waals surface area contributed by atoms with Crippen molar-refractivity contribution in [2.75, 3.05) is 44.8 Å². The number of aliphatic imine (C=N–C) groups is 1. The number of hydrogen-bond donors (Lipinski definition) is 2. The number of para-hydroxylation sites is 2. The van der Waals surface area contributed by atoms with E-state index >= 15 is 0 Å². The summed E-state index contributed by atoms with van der Waals surface area (Å²) in [6.07, 6.45) is 0.792. The molecule has 0 unspecified atom stereocenters. The van der Waals surface area contributed by atoms with Gasteiger partial charge in [-0.2, -0.15) is 0 Å². The summed E-state index contributed by atoms with van der Waals surface area (Å²) >= 11 is 0. The highest BCUT2D eigenvalue weighted by Crippen LogP contribution is 2.31. The molecule has 1 aliphatic rings. The molecular formula is C22H29IN4O3. The van der Waals surface area contributed by atoms with Crippen LogP contribution in [0.4, 0.5) is 5.69 Å². The van der Waals surface area contributed by atoms with E-state index in [2.05, 4.69) is 22.5 Å². The average Bonchev–Trinajstić information content (AvgIpc) is 2.75. The first kappa shape index (κ1) is 23.8. The van der Waals surface area contributed by atoms with Crippen LogP contribution in [0.3, 0.4) is 0 Å². The first-order chi connectivity index (χ1) is 14.2. The molecule has 0 bridgehead atoms. The number of anilines is 1. The molecule has 7 nitrogen and oxygen atoms in total. The Hall–Kier alpha value is -2.49. The van der Waals surface area contributed by atoms with Crippen LogP contribution in [0.2, 0.25) is 0 Å². The lowest BCUT2D eigenvalue weighted by Crippen LogP contribution is -2.42. The van der Waals surface area contributed by atoms with Gasteiger partial charge in [0.25, 0.3) is 5.91 Å². The van der Waals surface area contributed by atoms with Gasteiger partial charge in [0.05, 0.1) is 12.2 Å². The Balaban J connectivity index is 0.00000320. The molecule has 3 rings (SSSR count). The molecule has 2 aromatic carbocycles. The number of nitrogens with one attached hydrogen (secondary N) is 2. The highest BCUT2D eigenvalue weighted by Gasteiger charge is 2.24. The lowest BCUT2D eigenvalue weighted by molar-refractivity contribution is -0.121. The van der Waals surface area contributed by atoms with E-state index in [1.165, 1.54) is 5.56 Å². The fraction of sp³-hybridized carbons (Fsp3) is 0.364. The topological polar surface area (TPSA) is 75.2 Å². The maximum absolute atomic E-state index is 12.2. The highest BCUT2D eigenvalue weighted by atomic mass is 127. The molecule has 0 atom stereocenters. The molecule has 0 saturated heterocycles. The molecule has 2 aromatic rings. The molecular weight excluding hydrogens is 495 g/mol. The minimum Gasteiger partial charge on any atom is -0.492 e. The van der Waals surface area contributed by atoms with Crippen molar-refractivity contribution in [1.29, 1.82) is 0 Å². The van der Waals surface area contributed by atoms with Gasteiger partial charge >= 0.3 is 0 Å². The van der Waals surface area contributed by atoms with Crippen LogP contribution < -0.4 is 25.0 Å². The van der Waals surface area contributed by atoms with Crippen molar-refractivity contribution in [2.45, 2.75) is 13.3 Å². The standard InChI is InChI=1S/C22H28N4O3.HI/c1-17-8-10-18(11-9-17)28-15-13-25-22(23-2)24-12-5-14-26-19-6-3-4-7-20(19)29-16-21(26)27;/h3-4,6-11H,5,12-16H2,1-2H3,(H2,23,24,25);1H. The van der Waals surface area contributed by atoms with Gasteiger partial charge in [-0.15, -0.1) is 24.0 Å². The summed E-state index contributed by atoms with van der Waals surface area (Å²) in [5.41, 5.74) is 2.04. The Morgan fingerprint density at radius 2 is 1.87 bits per heavy atom. The van der Waals surface area contributed by atoms with Crippen molar-refractivity contribution in [2.24, 2.45) is 4.99 Å². The summed E-state index contributed by atoms with van der Waals surface area (Å²) in [6, 6.07) is 15.6. The Kier molecular flexibility index (Phi) is 9.72. The number of ether oxygens (including phenoxy) is 2. The summed E-state index contributed by atoms with van der Waals surface area (Å²) in [6.45, 7) is 4.65. The molecule has 162 valence electrons. The van der Waals surface area contributed by atoms with Gasteiger partial charge in [0.2, 0.25) is 0 Å². The van der Waals surface area contributed by atoms with Crippen LogP contribution >= 0.6 is 24.0 Å². The van der Waals surface area contributed by atoms with Crippen molar-refractivity contribution in [3.8, 4) is 11.5 Å². The van der Waals surface area contributed by atoms with Gasteiger partial charge in [0, 0.05) is 20.1 Å². The Morgan fingerprint density at radius 1 is 1.13 bits per heavy atom. The quantitative estimate of drug-likeness (QED) is 0.241. The third kappa shape index (κ3) is 6.79. The zero-order chi connectivity index (χ0) is 20.5. The van der Waals surface area contributed by atoms with Gasteiger partial charge in [0.1, 0.15) is 18.1 Å². The molecule has 0 fully saturated rings. The molecule has 2 N–H and O–H groups in total. The summed E-state index contributed by atoms with van der Waals surface area (Å²) < 4.78 is 11.2. The number of amides is 1. The number of benzene rings is 2. The summed E-state index contributed by atoms with van der Waals surface area (Å²) in [5, 5.41) is 6.50. The van der Waals surface area contributed by atoms with Crippen LogP contribution in [0.25, 0.3) is 0 Å². The second-order valence-corrected chi connectivity index (χ2v) is 6.74. The third-order valence-electron chi connectivity index (χ3n) is 4.57. The van der Waals surface area contributed by atoms with Crippen LogP contribution in [0.1, 0.15) is 12.0 Å². The molecule has 8 heteroatoms. The molecule has 1 amide bonds. The van der Waals surface area contributed by atoms with E-state index in [1.54, 1.807) is 11.9 Å². The van der Waals surface area contributed by atoms with Gasteiger partial charge in [-0.1, -0.05) is 29.8 Å². The van der Waals surface area contributed by atoms with Crippen LogP contribution in [0.15, 0.2) is 53.5 Å². The fourth-order valence-corrected chi connectivity index (χ4v) is 3.04. The summed E-state index contributed by atoms with van der Waals surface area (Å²) in [7, 11) is 1.73. The molecule has 0 aliphatic carbocycles. The van der Waals surface area contributed by atoms with E-state index < -0.39 is 0 Å². The van der Waals surface area contributed by atoms with Crippen LogP contribution in [0, 0.1) is 6.92 Å². The summed E-state index contributed by atoms with van der Waals surface area (Å²) in [4.78, 5) is 18.2. The van der Waals surface area contributed by atoms with Gasteiger partial charge in [-0.05, 0) is 37.6 Å². The molecule has 0 radical (unpaired) electrons. The molecule has 0 saturated carbocycles. The molecule has 30 heavy (non-hydrogen) atoms. The Bertz CT molecular complexity index is 843. The lowest BCUT2D eigenvalue weighted by Gasteiger charge is -2.29. The number of carbonyl (C=O) groups excluding carboxylic acids is 1. The first-order valence-electron chi connectivity index (χ1n) is 9.83. The van der Waals surface area contributed by atoms with Gasteiger partial charge in [-0.3, -0.25) is 9.79 Å². The normalized spacial score (nSPS) is 13.1. The van der Waals surface area contributed by atoms with Gasteiger partial charge in [-0.25, -0.2) is 0 Å². The molecule has 0 spiro atoms. The number of aryl methyl sites for hydroxylation is 1. The van der Waals surface area contributed by atoms with Crippen molar-refractivity contribution >= 4 is 41.5 Å². The summed E-state index contributed by atoms with van der Waals surface area (Å²) in [5.74, 6) is 2.31. The monoisotopic (exact) mass is 524 g/mol. The number of fused-ring (bicyclic) bond motifs is 1. The number of rotatable bonds is 8. The second-order valence-electron chi connectivity index (χ2n) is 6.74. The predicted octanol–water partition coefficient (Wildman–Crippen LogP) is 2.97. The molecule has 1 aliphatic heterocycles. The van der Waals surface area contributed by atoms with Crippen LogP contribution in [-0.2, 0) is 4.79 Å². The molecule has 0 aromatic heterocycles. The van der Waals surface area contributed by atoms with E-state index in [4.69, 9.17) is 9.47 Å². The van der Waals surface area contributed by atoms with E-state index in [0.29, 0.717) is 32.2 Å². The minimum absolute atomic E-state index is 0. The fourth-order valence-electron chi connectivity index (χ4n) is 3.04. The zero-order valence-corrected chi connectivity index (χ0v) is 19.7. The van der Waals surface area contributed by atoms with Crippen molar-refractivity contribution in [3.63, 3.8) is 0 Å². The van der Waals surface area contributed by atoms with Crippen molar-refractivity contribution in [1.82, 2.24) is 10.6 Å². The highest BCUT2D eigenvalue weighted by molar-refractivity contribution is 14.0. The zero-order valence-electron chi connectivity index (χ0n) is 17.4. The van der Waals surface area contributed by atoms with E-state index in [0.717, 1.165) is 23.6 Å². The van der Waals surface area contributed by atoms with Crippen LogP contribution in [-0.4, -0.2) is 51.8 Å². The van der Waals surface area contributed by atoms with E-state index in [9.17, 15) is 4.79 Å². The SMILES string of the molecule is CN=C(NCCCN1C(=O)COc2ccccc21)NCCOc1ccc(C)cc1.I. The number of halogens is 1. The maximum Gasteiger partial charge on any atom is 0.265 e. The average molecular weight is 524 g/mol. The molecule has 1 heterocycles. The van der Waals surface area contributed by atoms with Crippen LogP contribution in [0.5, 0.6) is 11.5 Å². The predicted molar refractivity (Wildman–Crippen MR) is 130 cm³/mol. The van der Waals surface area contributed by atoms with E-state index in [-0.39, 0.29) is 36.5 Å². The Labute approximate surface area is 194 Å². The number of hydrogen-bond acceptors (Lipinski definition) is 4. The maximum atomic E-state index is 12.2. The smallest absolute Gasteiger partial charge is 0.265 e. The van der Waals surface area contributed by atoms with Crippen molar-refractivity contribution < 1.29 is 14.3 Å². The Morgan fingerprint density at radius 3 is 2.63 bits per heavy atom. The lowest BCUT2D eigenvalue weighted by atomic mass is 10.2. The van der Waals surface area contributed by atoms with E-state index in [1.807, 2.05) is 48.5 Å². The first-order valence-corrected chi connectivity index (χ1v) is 9.83. The number of nitrogens with zero attached hydrogens (tertiary/aromatic N) is 2. The number of guanidine groups is 1. The third-order valence-corrected chi connectivity index (χ3v) is 4.57. The van der Waals surface area contributed by atoms with Gasteiger partial charge < -0.3 is 25.0 Å². The van der Waals surface area contributed by atoms with Crippen molar-refractivity contribution in [3.05, 3.63) is 54.1 Å². The minimum atomic E-state index is -0.0144. The second kappa shape index (κ2) is 12.3. The van der Waals surface area contributed by atoms with Gasteiger partial charge in [0.15, 0.2) is 12.6 Å².